The van der Waals surface area contributed by atoms with Crippen LogP contribution in [0.3, 0.4) is 0 Å². The minimum atomic E-state index is -0.0843. The van der Waals surface area contributed by atoms with E-state index in [9.17, 15) is 4.79 Å². The van der Waals surface area contributed by atoms with Crippen LogP contribution in [0, 0.1) is 0 Å². The van der Waals surface area contributed by atoms with Crippen molar-refractivity contribution in [1.82, 2.24) is 20.6 Å². The van der Waals surface area contributed by atoms with Gasteiger partial charge in [0.15, 0.2) is 0 Å². The lowest BCUT2D eigenvalue weighted by Crippen LogP contribution is -2.56. The third-order valence-corrected chi connectivity index (χ3v) is 1.86. The Morgan fingerprint density at radius 1 is 1.67 bits per heavy atom. The summed E-state index contributed by atoms with van der Waals surface area (Å²) in [5, 5.41) is 5.92. The molecule has 0 unspecified atom stereocenters. The van der Waals surface area contributed by atoms with E-state index in [4.69, 9.17) is 0 Å². The molecule has 1 aromatic heterocycles. The molecule has 1 fully saturated rings. The second-order valence-corrected chi connectivity index (χ2v) is 2.79. The Bertz CT molecular complexity index is 265. The molecule has 5 heteroatoms. The molecule has 1 aliphatic rings. The van der Waals surface area contributed by atoms with Gasteiger partial charge in [-0.3, -0.25) is 4.79 Å². The number of rotatable bonds is 2. The first-order valence-electron chi connectivity index (χ1n) is 3.86. The minimum Gasteiger partial charge on any atom is -0.345 e. The van der Waals surface area contributed by atoms with Crippen LogP contribution in [-0.2, 0) is 0 Å². The molecule has 0 saturated carbocycles. The number of nitrogens with zero attached hydrogens (tertiary/aromatic N) is 1. The van der Waals surface area contributed by atoms with Crippen molar-refractivity contribution in [3.05, 3.63) is 18.2 Å². The third-order valence-electron chi connectivity index (χ3n) is 1.86. The van der Waals surface area contributed by atoms with Crippen LogP contribution in [0.2, 0.25) is 0 Å². The molecular formula is C7H10N4O. The van der Waals surface area contributed by atoms with E-state index in [1.807, 2.05) is 0 Å². The van der Waals surface area contributed by atoms with Gasteiger partial charge in [-0.2, -0.15) is 0 Å². The molecule has 1 aromatic rings. The zero-order valence-electron chi connectivity index (χ0n) is 6.50. The number of amides is 1. The number of hydrogen-bond acceptors (Lipinski definition) is 3. The van der Waals surface area contributed by atoms with Crippen LogP contribution in [0.15, 0.2) is 12.5 Å². The second kappa shape index (κ2) is 2.94. The Morgan fingerprint density at radius 2 is 2.50 bits per heavy atom. The lowest BCUT2D eigenvalue weighted by atomic mass is 10.2. The number of imidazole rings is 1. The second-order valence-electron chi connectivity index (χ2n) is 2.79. The number of aromatic nitrogens is 2. The van der Waals surface area contributed by atoms with Gasteiger partial charge in [0.05, 0.1) is 18.6 Å². The Balaban J connectivity index is 1.92. The van der Waals surface area contributed by atoms with E-state index in [-0.39, 0.29) is 11.9 Å². The van der Waals surface area contributed by atoms with Crippen molar-refractivity contribution >= 4 is 5.91 Å². The molecule has 0 bridgehead atoms. The van der Waals surface area contributed by atoms with Gasteiger partial charge in [0.1, 0.15) is 5.69 Å². The van der Waals surface area contributed by atoms with Crippen LogP contribution in [0.1, 0.15) is 10.5 Å². The van der Waals surface area contributed by atoms with Crippen molar-refractivity contribution in [1.29, 1.82) is 0 Å². The molecule has 64 valence electrons. The lowest BCUT2D eigenvalue weighted by Gasteiger charge is -2.27. The van der Waals surface area contributed by atoms with Gasteiger partial charge in [0.25, 0.3) is 5.91 Å². The maximum Gasteiger partial charge on any atom is 0.269 e. The van der Waals surface area contributed by atoms with Crippen LogP contribution in [-0.4, -0.2) is 35.0 Å². The molecule has 3 N–H and O–H groups in total. The maximum absolute atomic E-state index is 11.3. The van der Waals surface area contributed by atoms with Gasteiger partial charge in [0.2, 0.25) is 0 Å². The van der Waals surface area contributed by atoms with Crippen LogP contribution >= 0.6 is 0 Å². The normalized spacial score (nSPS) is 17.0. The zero-order chi connectivity index (χ0) is 8.39. The SMILES string of the molecule is O=C(NC1CNC1)c1cnc[nH]1. The van der Waals surface area contributed by atoms with E-state index in [1.54, 1.807) is 0 Å². The highest BCUT2D eigenvalue weighted by Crippen LogP contribution is 1.95. The average Bonchev–Trinajstić information content (AvgIpc) is 2.47. The van der Waals surface area contributed by atoms with Crippen molar-refractivity contribution in [3.8, 4) is 0 Å². The Labute approximate surface area is 69.6 Å². The van der Waals surface area contributed by atoms with E-state index in [0.29, 0.717) is 5.69 Å². The Hall–Kier alpha value is -1.36. The molecule has 0 aliphatic carbocycles. The van der Waals surface area contributed by atoms with Gasteiger partial charge < -0.3 is 15.6 Å². The fourth-order valence-electron chi connectivity index (χ4n) is 1.03. The quantitative estimate of drug-likeness (QED) is 0.534. The summed E-state index contributed by atoms with van der Waals surface area (Å²) in [6.07, 6.45) is 3.01. The smallest absolute Gasteiger partial charge is 0.269 e. The first-order valence-corrected chi connectivity index (χ1v) is 3.86. The molecular weight excluding hydrogens is 156 g/mol. The van der Waals surface area contributed by atoms with E-state index in [1.165, 1.54) is 12.5 Å². The Morgan fingerprint density at radius 3 is 3.00 bits per heavy atom. The molecule has 2 rings (SSSR count). The molecule has 2 heterocycles. The number of aromatic amines is 1. The summed E-state index contributed by atoms with van der Waals surface area (Å²) in [6, 6.07) is 0.279. The van der Waals surface area contributed by atoms with E-state index < -0.39 is 0 Å². The number of carbonyl (C=O) groups is 1. The number of carbonyl (C=O) groups excluding carboxylic acids is 1. The van der Waals surface area contributed by atoms with Crippen molar-refractivity contribution in [2.24, 2.45) is 0 Å². The summed E-state index contributed by atoms with van der Waals surface area (Å²) < 4.78 is 0. The van der Waals surface area contributed by atoms with E-state index in [0.717, 1.165) is 13.1 Å². The Kier molecular flexibility index (Phi) is 1.79. The van der Waals surface area contributed by atoms with E-state index >= 15 is 0 Å². The largest absolute Gasteiger partial charge is 0.345 e. The van der Waals surface area contributed by atoms with E-state index in [2.05, 4.69) is 20.6 Å². The lowest BCUT2D eigenvalue weighted by molar-refractivity contribution is 0.0919. The molecule has 0 spiro atoms. The average molecular weight is 166 g/mol. The highest BCUT2D eigenvalue weighted by Gasteiger charge is 2.19. The zero-order valence-corrected chi connectivity index (χ0v) is 6.50. The van der Waals surface area contributed by atoms with Gasteiger partial charge in [-0.25, -0.2) is 4.98 Å². The van der Waals surface area contributed by atoms with Gasteiger partial charge >= 0.3 is 0 Å². The monoisotopic (exact) mass is 166 g/mol. The summed E-state index contributed by atoms with van der Waals surface area (Å²) in [5.74, 6) is -0.0843. The molecule has 1 amide bonds. The topological polar surface area (TPSA) is 69.8 Å². The van der Waals surface area contributed by atoms with Gasteiger partial charge in [-0.05, 0) is 0 Å². The molecule has 0 atom stereocenters. The maximum atomic E-state index is 11.3. The fraction of sp³-hybridized carbons (Fsp3) is 0.429. The highest BCUT2D eigenvalue weighted by molar-refractivity contribution is 5.92. The molecule has 1 saturated heterocycles. The third kappa shape index (κ3) is 1.31. The minimum absolute atomic E-state index is 0.0843. The van der Waals surface area contributed by atoms with Crippen molar-refractivity contribution in [2.75, 3.05) is 13.1 Å². The summed E-state index contributed by atoms with van der Waals surface area (Å²) >= 11 is 0. The fourth-order valence-corrected chi connectivity index (χ4v) is 1.03. The molecule has 1 aliphatic heterocycles. The van der Waals surface area contributed by atoms with Crippen LogP contribution in [0.25, 0.3) is 0 Å². The number of hydrogen-bond donors (Lipinski definition) is 3. The predicted molar refractivity (Wildman–Crippen MR) is 42.7 cm³/mol. The van der Waals surface area contributed by atoms with Crippen LogP contribution in [0.5, 0.6) is 0 Å². The predicted octanol–water partition coefficient (Wildman–Crippen LogP) is -0.889. The van der Waals surface area contributed by atoms with Crippen molar-refractivity contribution < 1.29 is 4.79 Å². The van der Waals surface area contributed by atoms with Crippen LogP contribution in [0.4, 0.5) is 0 Å². The molecule has 0 radical (unpaired) electrons. The van der Waals surface area contributed by atoms with Crippen molar-refractivity contribution in [2.45, 2.75) is 6.04 Å². The van der Waals surface area contributed by atoms with Gasteiger partial charge in [-0.1, -0.05) is 0 Å². The standard InChI is InChI=1S/C7H10N4O/c12-7(6-3-9-4-10-6)11-5-1-8-2-5/h3-5,8H,1-2H2,(H,9,10)(H,11,12). The molecule has 0 aromatic carbocycles. The molecule has 5 nitrogen and oxygen atoms in total. The first-order chi connectivity index (χ1) is 5.86. The number of H-pyrrole nitrogens is 1. The number of nitrogens with one attached hydrogen (secondary N) is 3. The van der Waals surface area contributed by atoms with Gasteiger partial charge in [-0.15, -0.1) is 0 Å². The summed E-state index contributed by atoms with van der Waals surface area (Å²) in [6.45, 7) is 1.72. The van der Waals surface area contributed by atoms with Crippen LogP contribution < -0.4 is 10.6 Å². The highest BCUT2D eigenvalue weighted by atomic mass is 16.2. The summed E-state index contributed by atoms with van der Waals surface area (Å²) in [7, 11) is 0. The molecule has 12 heavy (non-hydrogen) atoms. The van der Waals surface area contributed by atoms with Crippen molar-refractivity contribution in [3.63, 3.8) is 0 Å². The summed E-state index contributed by atoms with van der Waals surface area (Å²) in [4.78, 5) is 17.8. The summed E-state index contributed by atoms with van der Waals surface area (Å²) in [5.41, 5.74) is 0.516. The first kappa shape index (κ1) is 7.30. The van der Waals surface area contributed by atoms with Gasteiger partial charge in [0, 0.05) is 13.1 Å².